The molecule has 0 radical (unpaired) electrons. The molecular weight excluding hydrogens is 206 g/mol. The molecule has 1 heteroatoms. The zero-order valence-corrected chi connectivity index (χ0v) is 11.3. The van der Waals surface area contributed by atoms with Crippen molar-refractivity contribution in [3.05, 3.63) is 72.9 Å². The van der Waals surface area contributed by atoms with Crippen LogP contribution in [-0.4, -0.2) is 25.5 Å². The van der Waals surface area contributed by atoms with Gasteiger partial charge in [0.1, 0.15) is 0 Å². The molecule has 0 fully saturated rings. The highest BCUT2D eigenvalue weighted by atomic mass is 15.0. The summed E-state index contributed by atoms with van der Waals surface area (Å²) in [6.45, 7) is 18.4. The summed E-state index contributed by atoms with van der Waals surface area (Å²) >= 11 is 0. The quantitative estimate of drug-likeness (QED) is 0.598. The highest BCUT2D eigenvalue weighted by molar-refractivity contribution is 5.50. The molecule has 0 heterocycles. The lowest BCUT2D eigenvalue weighted by atomic mass is 9.99. The molecule has 0 aromatic rings. The first kappa shape index (κ1) is 15.4. The van der Waals surface area contributed by atoms with Crippen molar-refractivity contribution >= 4 is 0 Å². The normalized spacial score (nSPS) is 11.9. The van der Waals surface area contributed by atoms with E-state index in [2.05, 4.69) is 31.2 Å². The van der Waals surface area contributed by atoms with Gasteiger partial charge < -0.3 is 4.90 Å². The zero-order chi connectivity index (χ0) is 13.4. The molecular formula is C16H23N. The van der Waals surface area contributed by atoms with E-state index in [9.17, 15) is 0 Å². The molecule has 0 amide bonds. The highest BCUT2D eigenvalue weighted by Crippen LogP contribution is 2.18. The Balaban J connectivity index is 4.85. The first-order valence-electron chi connectivity index (χ1n) is 5.57. The van der Waals surface area contributed by atoms with Gasteiger partial charge in [0.05, 0.1) is 0 Å². The molecule has 0 bridgehead atoms. The molecule has 1 nitrogen and oxygen atoms in total. The van der Waals surface area contributed by atoms with Gasteiger partial charge in [-0.05, 0) is 37.7 Å². The van der Waals surface area contributed by atoms with Gasteiger partial charge in [0.15, 0.2) is 0 Å². The third kappa shape index (κ3) is 6.54. The monoisotopic (exact) mass is 229 g/mol. The fourth-order valence-corrected chi connectivity index (χ4v) is 1.28. The molecule has 0 aromatic heterocycles. The van der Waals surface area contributed by atoms with Crippen LogP contribution in [0.5, 0.6) is 0 Å². The van der Waals surface area contributed by atoms with Crippen molar-refractivity contribution in [2.24, 2.45) is 0 Å². The maximum Gasteiger partial charge on any atom is 0.0233 e. The van der Waals surface area contributed by atoms with Crippen molar-refractivity contribution in [3.63, 3.8) is 0 Å². The predicted molar refractivity (Wildman–Crippen MR) is 79.1 cm³/mol. The van der Waals surface area contributed by atoms with Crippen molar-refractivity contribution in [2.75, 3.05) is 20.6 Å². The van der Waals surface area contributed by atoms with E-state index in [1.807, 2.05) is 39.2 Å². The predicted octanol–water partition coefficient (Wildman–Crippen LogP) is 3.91. The SMILES string of the molecule is C=C/C=C(/CN(C)C)C(=C)C(=C)/C=C\C(=C)C. The lowest BCUT2D eigenvalue weighted by molar-refractivity contribution is 0.447. The van der Waals surface area contributed by atoms with Gasteiger partial charge in [0, 0.05) is 6.54 Å². The summed E-state index contributed by atoms with van der Waals surface area (Å²) in [6, 6.07) is 0. The van der Waals surface area contributed by atoms with Crippen molar-refractivity contribution in [1.82, 2.24) is 4.90 Å². The van der Waals surface area contributed by atoms with E-state index in [-0.39, 0.29) is 0 Å². The third-order valence-corrected chi connectivity index (χ3v) is 2.15. The molecule has 0 aromatic carbocycles. The van der Waals surface area contributed by atoms with Crippen LogP contribution in [0.3, 0.4) is 0 Å². The second-order valence-electron chi connectivity index (χ2n) is 4.35. The lowest BCUT2D eigenvalue weighted by Gasteiger charge is -2.15. The summed E-state index contributed by atoms with van der Waals surface area (Å²) in [5, 5.41) is 0. The fraction of sp³-hybridized carbons (Fsp3) is 0.250. The minimum atomic E-state index is 0.824. The molecule has 0 unspecified atom stereocenters. The maximum atomic E-state index is 4.08. The van der Waals surface area contributed by atoms with Crippen LogP contribution in [-0.2, 0) is 0 Å². The number of hydrogen-bond donors (Lipinski definition) is 0. The van der Waals surface area contributed by atoms with Gasteiger partial charge in [-0.3, -0.25) is 0 Å². The van der Waals surface area contributed by atoms with Crippen LogP contribution >= 0.6 is 0 Å². The molecule has 0 saturated heterocycles. The van der Waals surface area contributed by atoms with E-state index in [1.165, 1.54) is 0 Å². The van der Waals surface area contributed by atoms with Gasteiger partial charge in [-0.25, -0.2) is 0 Å². The van der Waals surface area contributed by atoms with E-state index < -0.39 is 0 Å². The Morgan fingerprint density at radius 1 is 1.12 bits per heavy atom. The number of rotatable bonds is 7. The van der Waals surface area contributed by atoms with Crippen LogP contribution in [0.4, 0.5) is 0 Å². The van der Waals surface area contributed by atoms with Gasteiger partial charge in [-0.15, -0.1) is 0 Å². The standard InChI is InChI=1S/C16H23N/c1-8-9-16(12-17(6)7)15(5)14(4)11-10-13(2)3/h8-11H,1-2,4-5,12H2,3,6-7H3/b11-10-,16-9-. The van der Waals surface area contributed by atoms with Gasteiger partial charge in [-0.2, -0.15) is 0 Å². The Morgan fingerprint density at radius 2 is 1.71 bits per heavy atom. The molecule has 0 aliphatic carbocycles. The van der Waals surface area contributed by atoms with Gasteiger partial charge in [0.25, 0.3) is 0 Å². The number of hydrogen-bond acceptors (Lipinski definition) is 1. The van der Waals surface area contributed by atoms with E-state index in [1.54, 1.807) is 6.08 Å². The van der Waals surface area contributed by atoms with Gasteiger partial charge in [-0.1, -0.05) is 56.2 Å². The lowest BCUT2D eigenvalue weighted by Crippen LogP contribution is -2.16. The van der Waals surface area contributed by atoms with E-state index >= 15 is 0 Å². The van der Waals surface area contributed by atoms with Crippen molar-refractivity contribution in [2.45, 2.75) is 6.92 Å². The topological polar surface area (TPSA) is 3.24 Å². The third-order valence-electron chi connectivity index (χ3n) is 2.15. The zero-order valence-electron chi connectivity index (χ0n) is 11.3. The van der Waals surface area contributed by atoms with Crippen LogP contribution in [0, 0.1) is 0 Å². The summed E-state index contributed by atoms with van der Waals surface area (Å²) in [5.41, 5.74) is 3.97. The summed E-state index contributed by atoms with van der Waals surface area (Å²) in [5.74, 6) is 0. The average Bonchev–Trinajstić information content (AvgIpc) is 2.23. The van der Waals surface area contributed by atoms with Gasteiger partial charge in [0.2, 0.25) is 0 Å². The smallest absolute Gasteiger partial charge is 0.0233 e. The molecule has 0 spiro atoms. The van der Waals surface area contributed by atoms with E-state index in [0.29, 0.717) is 0 Å². The van der Waals surface area contributed by atoms with Crippen molar-refractivity contribution < 1.29 is 0 Å². The Bertz CT molecular complexity index is 378. The molecule has 0 aliphatic heterocycles. The molecule has 0 N–H and O–H groups in total. The van der Waals surface area contributed by atoms with Crippen LogP contribution in [0.2, 0.25) is 0 Å². The second-order valence-corrected chi connectivity index (χ2v) is 4.35. The van der Waals surface area contributed by atoms with Crippen LogP contribution in [0.25, 0.3) is 0 Å². The van der Waals surface area contributed by atoms with Gasteiger partial charge >= 0.3 is 0 Å². The molecule has 0 rings (SSSR count). The fourth-order valence-electron chi connectivity index (χ4n) is 1.28. The molecule has 0 aliphatic rings. The molecule has 92 valence electrons. The van der Waals surface area contributed by atoms with Crippen molar-refractivity contribution in [1.29, 1.82) is 0 Å². The number of allylic oxidation sites excluding steroid dienone is 6. The first-order valence-corrected chi connectivity index (χ1v) is 5.57. The summed E-state index contributed by atoms with van der Waals surface area (Å²) in [4.78, 5) is 2.09. The van der Waals surface area contributed by atoms with Crippen LogP contribution in [0.15, 0.2) is 72.9 Å². The minimum absolute atomic E-state index is 0.824. The summed E-state index contributed by atoms with van der Waals surface area (Å²) in [7, 11) is 4.05. The van der Waals surface area contributed by atoms with Crippen LogP contribution in [0.1, 0.15) is 6.92 Å². The first-order chi connectivity index (χ1) is 7.88. The Morgan fingerprint density at radius 3 is 2.12 bits per heavy atom. The Kier molecular flexibility index (Phi) is 6.92. The number of nitrogens with zero attached hydrogens (tertiary/aromatic N) is 1. The second kappa shape index (κ2) is 7.64. The minimum Gasteiger partial charge on any atom is -0.305 e. The maximum absolute atomic E-state index is 4.08. The number of likely N-dealkylation sites (N-methyl/N-ethyl adjacent to an activating group) is 1. The highest BCUT2D eigenvalue weighted by Gasteiger charge is 2.05. The summed E-state index contributed by atoms with van der Waals surface area (Å²) < 4.78 is 0. The summed E-state index contributed by atoms with van der Waals surface area (Å²) in [6.07, 6.45) is 7.63. The Hall–Kier alpha value is -1.60. The average molecular weight is 229 g/mol. The van der Waals surface area contributed by atoms with E-state index in [4.69, 9.17) is 0 Å². The van der Waals surface area contributed by atoms with Crippen LogP contribution < -0.4 is 0 Å². The molecule has 0 saturated carbocycles. The Labute approximate surface area is 106 Å². The molecule has 17 heavy (non-hydrogen) atoms. The molecule has 0 atom stereocenters. The van der Waals surface area contributed by atoms with E-state index in [0.717, 1.165) is 28.8 Å². The van der Waals surface area contributed by atoms with Crippen molar-refractivity contribution in [3.8, 4) is 0 Å². The largest absolute Gasteiger partial charge is 0.305 e.